The molecule has 0 aliphatic carbocycles. The van der Waals surface area contributed by atoms with Crippen LogP contribution in [0, 0.1) is 5.92 Å². The van der Waals surface area contributed by atoms with Gasteiger partial charge in [0, 0.05) is 19.3 Å². The Bertz CT molecular complexity index is 354. The molecule has 0 spiro atoms. The van der Waals surface area contributed by atoms with Crippen LogP contribution in [-0.4, -0.2) is 55.5 Å². The number of amides is 3. The molecular weight excluding hydrogens is 268 g/mol. The fraction of sp³-hybridized carbons (Fsp3) is 0.750. The highest BCUT2D eigenvalue weighted by atomic mass is 16.5. The second-order valence-corrected chi connectivity index (χ2v) is 4.65. The zero-order valence-corrected chi connectivity index (χ0v) is 11.4. The molecule has 0 aromatic carbocycles. The molecule has 1 heterocycles. The zero-order valence-electron chi connectivity index (χ0n) is 11.4. The summed E-state index contributed by atoms with van der Waals surface area (Å²) < 4.78 is 9.81. The molecule has 1 atom stereocenters. The summed E-state index contributed by atoms with van der Waals surface area (Å²) >= 11 is 0. The SMILES string of the molecule is CC(NC(=O)NC(=O)COCC(=O)O)C1CCOCC1. The summed E-state index contributed by atoms with van der Waals surface area (Å²) in [6.45, 7) is 2.19. The summed E-state index contributed by atoms with van der Waals surface area (Å²) in [7, 11) is 0. The average molecular weight is 288 g/mol. The lowest BCUT2D eigenvalue weighted by molar-refractivity contribution is -0.143. The predicted molar refractivity (Wildman–Crippen MR) is 68.1 cm³/mol. The normalized spacial score (nSPS) is 17.2. The van der Waals surface area contributed by atoms with E-state index in [-0.39, 0.29) is 6.04 Å². The van der Waals surface area contributed by atoms with Gasteiger partial charge in [-0.15, -0.1) is 0 Å². The first kappa shape index (κ1) is 16.4. The summed E-state index contributed by atoms with van der Waals surface area (Å²) in [6.07, 6.45) is 1.74. The Morgan fingerprint density at radius 3 is 2.55 bits per heavy atom. The van der Waals surface area contributed by atoms with Gasteiger partial charge in [-0.25, -0.2) is 9.59 Å². The smallest absolute Gasteiger partial charge is 0.329 e. The molecule has 0 radical (unpaired) electrons. The van der Waals surface area contributed by atoms with Gasteiger partial charge in [0.2, 0.25) is 0 Å². The molecular formula is C12H20N2O6. The van der Waals surface area contributed by atoms with Crippen molar-refractivity contribution in [1.82, 2.24) is 10.6 Å². The number of aliphatic carboxylic acids is 1. The van der Waals surface area contributed by atoms with E-state index in [1.807, 2.05) is 6.92 Å². The van der Waals surface area contributed by atoms with Gasteiger partial charge in [0.15, 0.2) is 0 Å². The molecule has 8 heteroatoms. The van der Waals surface area contributed by atoms with E-state index in [2.05, 4.69) is 15.4 Å². The molecule has 8 nitrogen and oxygen atoms in total. The lowest BCUT2D eigenvalue weighted by Gasteiger charge is -2.28. The van der Waals surface area contributed by atoms with E-state index in [0.717, 1.165) is 12.8 Å². The molecule has 1 rings (SSSR count). The number of carboxylic acid groups (broad SMARTS) is 1. The van der Waals surface area contributed by atoms with E-state index in [4.69, 9.17) is 9.84 Å². The minimum absolute atomic E-state index is 0.0633. The maximum Gasteiger partial charge on any atom is 0.329 e. The number of carbonyl (C=O) groups excluding carboxylic acids is 2. The number of urea groups is 1. The van der Waals surface area contributed by atoms with Gasteiger partial charge < -0.3 is 19.9 Å². The number of carbonyl (C=O) groups is 3. The molecule has 114 valence electrons. The van der Waals surface area contributed by atoms with Crippen LogP contribution in [0.5, 0.6) is 0 Å². The second kappa shape index (κ2) is 8.49. The van der Waals surface area contributed by atoms with Gasteiger partial charge in [0.1, 0.15) is 13.2 Å². The molecule has 1 aliphatic rings. The molecule has 3 N–H and O–H groups in total. The lowest BCUT2D eigenvalue weighted by atomic mass is 9.93. The minimum Gasteiger partial charge on any atom is -0.480 e. The third-order valence-electron chi connectivity index (χ3n) is 3.04. The third kappa shape index (κ3) is 6.48. The number of rotatable bonds is 6. The Morgan fingerprint density at radius 1 is 1.30 bits per heavy atom. The topological polar surface area (TPSA) is 114 Å². The van der Waals surface area contributed by atoms with E-state index in [0.29, 0.717) is 19.1 Å². The molecule has 1 unspecified atom stereocenters. The standard InChI is InChI=1S/C12H20N2O6/c1-8(9-2-4-19-5-3-9)13-12(18)14-10(15)6-20-7-11(16)17/h8-9H,2-7H2,1H3,(H,16,17)(H2,13,14,15,18). The first-order valence-electron chi connectivity index (χ1n) is 6.46. The maximum absolute atomic E-state index is 11.6. The van der Waals surface area contributed by atoms with Crippen molar-refractivity contribution in [3.8, 4) is 0 Å². The molecule has 3 amide bonds. The minimum atomic E-state index is -1.17. The van der Waals surface area contributed by atoms with Crippen molar-refractivity contribution in [1.29, 1.82) is 0 Å². The Kier molecular flexibility index (Phi) is 6.96. The Balaban J connectivity index is 2.21. The van der Waals surface area contributed by atoms with Gasteiger partial charge >= 0.3 is 12.0 Å². The van der Waals surface area contributed by atoms with Crippen molar-refractivity contribution < 1.29 is 29.0 Å². The Morgan fingerprint density at radius 2 is 1.95 bits per heavy atom. The van der Waals surface area contributed by atoms with Crippen molar-refractivity contribution in [2.24, 2.45) is 5.92 Å². The monoisotopic (exact) mass is 288 g/mol. The van der Waals surface area contributed by atoms with Crippen LogP contribution in [0.2, 0.25) is 0 Å². The number of imide groups is 1. The highest BCUT2D eigenvalue weighted by Gasteiger charge is 2.22. The summed E-state index contributed by atoms with van der Waals surface area (Å²) in [5.74, 6) is -1.52. The van der Waals surface area contributed by atoms with Crippen LogP contribution < -0.4 is 10.6 Å². The number of hydrogen-bond donors (Lipinski definition) is 3. The van der Waals surface area contributed by atoms with Crippen molar-refractivity contribution >= 4 is 17.9 Å². The van der Waals surface area contributed by atoms with Crippen LogP contribution in [0.1, 0.15) is 19.8 Å². The fourth-order valence-corrected chi connectivity index (χ4v) is 1.97. The van der Waals surface area contributed by atoms with Crippen LogP contribution in [0.25, 0.3) is 0 Å². The van der Waals surface area contributed by atoms with Crippen molar-refractivity contribution in [3.63, 3.8) is 0 Å². The van der Waals surface area contributed by atoms with E-state index in [1.165, 1.54) is 0 Å². The average Bonchev–Trinajstić information content (AvgIpc) is 2.38. The first-order valence-corrected chi connectivity index (χ1v) is 6.46. The van der Waals surface area contributed by atoms with Gasteiger partial charge in [0.05, 0.1) is 0 Å². The first-order chi connectivity index (χ1) is 9.49. The summed E-state index contributed by atoms with van der Waals surface area (Å²) in [6, 6.07) is -0.667. The Hall–Kier alpha value is -1.67. The van der Waals surface area contributed by atoms with Crippen molar-refractivity contribution in [2.75, 3.05) is 26.4 Å². The molecule has 1 fully saturated rings. The molecule has 20 heavy (non-hydrogen) atoms. The zero-order chi connectivity index (χ0) is 15.0. The number of ether oxygens (including phenoxy) is 2. The van der Waals surface area contributed by atoms with E-state index < -0.39 is 31.1 Å². The van der Waals surface area contributed by atoms with E-state index in [9.17, 15) is 14.4 Å². The highest BCUT2D eigenvalue weighted by molar-refractivity contribution is 5.95. The Labute approximate surface area is 116 Å². The second-order valence-electron chi connectivity index (χ2n) is 4.65. The van der Waals surface area contributed by atoms with E-state index >= 15 is 0 Å². The van der Waals surface area contributed by atoms with Crippen LogP contribution in [0.4, 0.5) is 4.79 Å². The van der Waals surface area contributed by atoms with Gasteiger partial charge in [-0.05, 0) is 25.7 Å². The van der Waals surface area contributed by atoms with Gasteiger partial charge in [-0.2, -0.15) is 0 Å². The summed E-state index contributed by atoms with van der Waals surface area (Å²) in [5.41, 5.74) is 0. The van der Waals surface area contributed by atoms with Crippen LogP contribution in [-0.2, 0) is 19.1 Å². The van der Waals surface area contributed by atoms with E-state index in [1.54, 1.807) is 0 Å². The van der Waals surface area contributed by atoms with Gasteiger partial charge in [-0.3, -0.25) is 10.1 Å². The van der Waals surface area contributed by atoms with Crippen LogP contribution in [0.3, 0.4) is 0 Å². The third-order valence-corrected chi connectivity index (χ3v) is 3.04. The lowest BCUT2D eigenvalue weighted by Crippen LogP contribution is -2.47. The van der Waals surface area contributed by atoms with Crippen LogP contribution >= 0.6 is 0 Å². The van der Waals surface area contributed by atoms with Gasteiger partial charge in [-0.1, -0.05) is 0 Å². The van der Waals surface area contributed by atoms with Gasteiger partial charge in [0.25, 0.3) is 5.91 Å². The molecule has 1 aliphatic heterocycles. The fourth-order valence-electron chi connectivity index (χ4n) is 1.97. The number of hydrogen-bond acceptors (Lipinski definition) is 5. The molecule has 0 aromatic rings. The largest absolute Gasteiger partial charge is 0.480 e. The van der Waals surface area contributed by atoms with Crippen molar-refractivity contribution in [2.45, 2.75) is 25.8 Å². The number of carboxylic acids is 1. The van der Waals surface area contributed by atoms with Crippen molar-refractivity contribution in [3.05, 3.63) is 0 Å². The quantitative estimate of drug-likeness (QED) is 0.620. The summed E-state index contributed by atoms with van der Waals surface area (Å²) in [5, 5.41) is 13.1. The summed E-state index contributed by atoms with van der Waals surface area (Å²) in [4.78, 5) is 33.0. The highest BCUT2D eigenvalue weighted by Crippen LogP contribution is 2.18. The molecule has 0 aromatic heterocycles. The molecule has 0 bridgehead atoms. The molecule has 0 saturated carbocycles. The predicted octanol–water partition coefficient (Wildman–Crippen LogP) is -0.271. The molecule has 1 saturated heterocycles. The number of nitrogens with one attached hydrogen (secondary N) is 2. The van der Waals surface area contributed by atoms with Crippen LogP contribution in [0.15, 0.2) is 0 Å². The maximum atomic E-state index is 11.6.